The second-order valence-electron chi connectivity index (χ2n) is 2.47. The summed E-state index contributed by atoms with van der Waals surface area (Å²) in [5.41, 5.74) is 1.20. The molecule has 1 aromatic rings. The molecule has 0 aromatic carbocycles. The van der Waals surface area contributed by atoms with Crippen LogP contribution in [0, 0.1) is 0 Å². The maximum absolute atomic E-state index is 4.32. The van der Waals surface area contributed by atoms with Crippen molar-refractivity contribution in [2.24, 2.45) is 0 Å². The van der Waals surface area contributed by atoms with Gasteiger partial charge in [-0.05, 0) is 18.1 Å². The molecule has 0 aliphatic rings. The molecule has 0 spiro atoms. The van der Waals surface area contributed by atoms with Crippen molar-refractivity contribution in [1.82, 2.24) is 10.3 Å². The van der Waals surface area contributed by atoms with E-state index in [0.29, 0.717) is 0 Å². The fourth-order valence-corrected chi connectivity index (χ4v) is 0.858. The number of hydrogen-bond acceptors (Lipinski definition) is 1. The highest BCUT2D eigenvalue weighted by molar-refractivity contribution is 5.07. The average Bonchev–Trinajstić information content (AvgIpc) is 2.07. The van der Waals surface area contributed by atoms with E-state index in [1.807, 2.05) is 18.3 Å². The Morgan fingerprint density at radius 3 is 3.09 bits per heavy atom. The van der Waals surface area contributed by atoms with Crippen LogP contribution in [0.5, 0.6) is 0 Å². The topological polar surface area (TPSA) is 27.0 Å². The van der Waals surface area contributed by atoms with Gasteiger partial charge < -0.3 is 0 Å². The third-order valence-corrected chi connectivity index (χ3v) is 1.40. The molecule has 0 amide bonds. The lowest BCUT2D eigenvalue weighted by Gasteiger charge is -1.98. The summed E-state index contributed by atoms with van der Waals surface area (Å²) in [7, 11) is 0. The Bertz CT molecular complexity index is 184. The highest BCUT2D eigenvalue weighted by atomic mass is 14.8. The number of aromatic nitrogens is 1. The van der Waals surface area contributed by atoms with E-state index in [1.165, 1.54) is 5.56 Å². The highest BCUT2D eigenvalue weighted by Crippen LogP contribution is 1.94. The number of rotatable bonds is 4. The van der Waals surface area contributed by atoms with E-state index in [0.717, 1.165) is 19.5 Å². The Labute approximate surface area is 67.7 Å². The van der Waals surface area contributed by atoms with Crippen molar-refractivity contribution in [2.75, 3.05) is 6.54 Å². The zero-order valence-electron chi connectivity index (χ0n) is 6.83. The molecule has 0 unspecified atom stereocenters. The fourth-order valence-electron chi connectivity index (χ4n) is 0.858. The second kappa shape index (κ2) is 4.85. The molecule has 2 nitrogen and oxygen atoms in total. The number of hydrogen-bond donors (Lipinski definition) is 0. The average molecular weight is 149 g/mol. The van der Waals surface area contributed by atoms with Gasteiger partial charge in [0.05, 0.1) is 0 Å². The molecule has 0 bridgehead atoms. The molecule has 2 heteroatoms. The molecule has 1 radical (unpaired) electrons. The summed E-state index contributed by atoms with van der Waals surface area (Å²) in [6.07, 6.45) is 4.77. The highest BCUT2D eigenvalue weighted by Gasteiger charge is 1.89. The van der Waals surface area contributed by atoms with Crippen molar-refractivity contribution >= 4 is 0 Å². The number of pyridine rings is 1. The molecule has 1 rings (SSSR count). The van der Waals surface area contributed by atoms with Gasteiger partial charge >= 0.3 is 0 Å². The first-order valence-electron chi connectivity index (χ1n) is 3.95. The molecule has 0 saturated carbocycles. The van der Waals surface area contributed by atoms with Crippen molar-refractivity contribution < 1.29 is 0 Å². The Kier molecular flexibility index (Phi) is 3.62. The minimum absolute atomic E-state index is 0.807. The second-order valence-corrected chi connectivity index (χ2v) is 2.47. The monoisotopic (exact) mass is 149 g/mol. The molecule has 0 atom stereocenters. The summed E-state index contributed by atoms with van der Waals surface area (Å²) in [6, 6.07) is 3.99. The van der Waals surface area contributed by atoms with Gasteiger partial charge in [-0.3, -0.25) is 4.98 Å². The minimum atomic E-state index is 0.807. The Morgan fingerprint density at radius 2 is 2.45 bits per heavy atom. The van der Waals surface area contributed by atoms with Crippen LogP contribution in [0.15, 0.2) is 24.5 Å². The standard InChI is InChI=1S/C9H13N2/c1-2-5-10-7-9-4-3-6-11-8-9/h3-4,6,8H,2,5,7H2,1H3. The smallest absolute Gasteiger partial charge is 0.0399 e. The summed E-state index contributed by atoms with van der Waals surface area (Å²) < 4.78 is 0. The van der Waals surface area contributed by atoms with Crippen LogP contribution in [0.4, 0.5) is 0 Å². The first-order chi connectivity index (χ1) is 5.43. The van der Waals surface area contributed by atoms with Gasteiger partial charge in [-0.15, -0.1) is 0 Å². The van der Waals surface area contributed by atoms with Gasteiger partial charge in [0, 0.05) is 25.5 Å². The number of nitrogens with zero attached hydrogens (tertiary/aromatic N) is 2. The Balaban J connectivity index is 2.28. The fraction of sp³-hybridized carbons (Fsp3) is 0.444. The van der Waals surface area contributed by atoms with Gasteiger partial charge in [-0.1, -0.05) is 13.0 Å². The van der Waals surface area contributed by atoms with E-state index in [2.05, 4.69) is 17.2 Å². The van der Waals surface area contributed by atoms with Gasteiger partial charge in [0.2, 0.25) is 0 Å². The lowest BCUT2D eigenvalue weighted by atomic mass is 10.3. The Morgan fingerprint density at radius 1 is 1.55 bits per heavy atom. The van der Waals surface area contributed by atoms with Crippen LogP contribution in [0.25, 0.3) is 0 Å². The van der Waals surface area contributed by atoms with E-state index in [-0.39, 0.29) is 0 Å². The molecule has 0 aliphatic carbocycles. The lowest BCUT2D eigenvalue weighted by Crippen LogP contribution is -2.05. The van der Waals surface area contributed by atoms with E-state index in [9.17, 15) is 0 Å². The Hall–Kier alpha value is -0.890. The zero-order chi connectivity index (χ0) is 7.94. The van der Waals surface area contributed by atoms with Gasteiger partial charge in [0.25, 0.3) is 0 Å². The molecule has 1 aromatic heterocycles. The van der Waals surface area contributed by atoms with Crippen LogP contribution in [0.3, 0.4) is 0 Å². The zero-order valence-corrected chi connectivity index (χ0v) is 6.83. The molecule has 11 heavy (non-hydrogen) atoms. The molecular weight excluding hydrogens is 136 g/mol. The van der Waals surface area contributed by atoms with Crippen molar-refractivity contribution in [2.45, 2.75) is 19.9 Å². The van der Waals surface area contributed by atoms with Crippen LogP contribution in [0.2, 0.25) is 0 Å². The maximum atomic E-state index is 4.32. The predicted molar refractivity (Wildman–Crippen MR) is 45.2 cm³/mol. The van der Waals surface area contributed by atoms with Crippen LogP contribution < -0.4 is 5.32 Å². The predicted octanol–water partition coefficient (Wildman–Crippen LogP) is 1.60. The van der Waals surface area contributed by atoms with Crippen molar-refractivity contribution in [1.29, 1.82) is 0 Å². The molecule has 1 heterocycles. The van der Waals surface area contributed by atoms with Crippen LogP contribution >= 0.6 is 0 Å². The molecule has 0 aliphatic heterocycles. The summed E-state index contributed by atoms with van der Waals surface area (Å²) in [5.74, 6) is 0. The summed E-state index contributed by atoms with van der Waals surface area (Å²) >= 11 is 0. The van der Waals surface area contributed by atoms with E-state index in [1.54, 1.807) is 6.20 Å². The molecule has 0 saturated heterocycles. The maximum Gasteiger partial charge on any atom is 0.0399 e. The van der Waals surface area contributed by atoms with Gasteiger partial charge in [-0.25, -0.2) is 5.32 Å². The van der Waals surface area contributed by atoms with E-state index < -0.39 is 0 Å². The van der Waals surface area contributed by atoms with Crippen LogP contribution in [-0.4, -0.2) is 11.5 Å². The third kappa shape index (κ3) is 3.14. The molecule has 59 valence electrons. The van der Waals surface area contributed by atoms with E-state index in [4.69, 9.17) is 0 Å². The molecule has 0 fully saturated rings. The SMILES string of the molecule is CCC[N]Cc1cccnc1. The van der Waals surface area contributed by atoms with E-state index >= 15 is 0 Å². The van der Waals surface area contributed by atoms with Crippen molar-refractivity contribution in [3.8, 4) is 0 Å². The lowest BCUT2D eigenvalue weighted by molar-refractivity contribution is 0.659. The van der Waals surface area contributed by atoms with Gasteiger partial charge in [-0.2, -0.15) is 0 Å². The van der Waals surface area contributed by atoms with Crippen LogP contribution in [-0.2, 0) is 6.54 Å². The van der Waals surface area contributed by atoms with Crippen molar-refractivity contribution in [3.05, 3.63) is 30.1 Å². The molecule has 0 N–H and O–H groups in total. The normalized spacial score (nSPS) is 9.91. The third-order valence-electron chi connectivity index (χ3n) is 1.40. The largest absolute Gasteiger partial charge is 0.264 e. The summed E-state index contributed by atoms with van der Waals surface area (Å²) in [4.78, 5) is 4.00. The minimum Gasteiger partial charge on any atom is -0.264 e. The first-order valence-corrected chi connectivity index (χ1v) is 3.95. The van der Waals surface area contributed by atoms with Crippen LogP contribution in [0.1, 0.15) is 18.9 Å². The van der Waals surface area contributed by atoms with Gasteiger partial charge in [0.1, 0.15) is 0 Å². The summed E-state index contributed by atoms with van der Waals surface area (Å²) in [6.45, 7) is 3.89. The van der Waals surface area contributed by atoms with Gasteiger partial charge in [0.15, 0.2) is 0 Å². The quantitative estimate of drug-likeness (QED) is 0.597. The van der Waals surface area contributed by atoms with Crippen molar-refractivity contribution in [3.63, 3.8) is 0 Å². The first kappa shape index (κ1) is 8.21. The summed E-state index contributed by atoms with van der Waals surface area (Å²) in [5, 5.41) is 4.32. The molecular formula is C9H13N2.